The highest BCUT2D eigenvalue weighted by molar-refractivity contribution is 9.10. The summed E-state index contributed by atoms with van der Waals surface area (Å²) in [4.78, 5) is 12.7. The molecule has 1 amide bonds. The Morgan fingerprint density at radius 3 is 2.10 bits per heavy atom. The van der Waals surface area contributed by atoms with Crippen LogP contribution >= 0.6 is 15.9 Å². The van der Waals surface area contributed by atoms with Crippen molar-refractivity contribution in [3.8, 4) is 0 Å². The average molecular weight is 486 g/mol. The monoisotopic (exact) mass is 485 g/mol. The van der Waals surface area contributed by atoms with Crippen LogP contribution in [0.5, 0.6) is 0 Å². The molecular formula is C22H20BrN3O3S. The molecular weight excluding hydrogens is 466 g/mol. The third-order valence-electron chi connectivity index (χ3n) is 4.27. The number of hydrogen-bond donors (Lipinski definition) is 1. The summed E-state index contributed by atoms with van der Waals surface area (Å²) in [6.07, 6.45) is 0. The van der Waals surface area contributed by atoms with Gasteiger partial charge in [-0.3, -0.25) is 9.10 Å². The minimum absolute atomic E-state index is 0.108. The zero-order valence-corrected chi connectivity index (χ0v) is 18.6. The Bertz CT molecular complexity index is 1130. The molecule has 3 rings (SSSR count). The number of halogens is 1. The summed E-state index contributed by atoms with van der Waals surface area (Å²) in [5.74, 6) is -0.546. The van der Waals surface area contributed by atoms with Gasteiger partial charge in [-0.15, -0.1) is 0 Å². The first-order valence-corrected chi connectivity index (χ1v) is 11.3. The molecule has 3 aromatic rings. The number of nitrogens with zero attached hydrogens (tertiary/aromatic N) is 2. The normalized spacial score (nSPS) is 11.7. The fourth-order valence-corrected chi connectivity index (χ4v) is 4.40. The predicted octanol–water partition coefficient (Wildman–Crippen LogP) is 4.18. The van der Waals surface area contributed by atoms with Crippen LogP contribution in [0.1, 0.15) is 12.5 Å². The van der Waals surface area contributed by atoms with E-state index >= 15 is 0 Å². The molecule has 0 bridgehead atoms. The van der Waals surface area contributed by atoms with Crippen molar-refractivity contribution in [3.05, 3.63) is 95.0 Å². The van der Waals surface area contributed by atoms with E-state index in [0.29, 0.717) is 11.4 Å². The van der Waals surface area contributed by atoms with Crippen molar-refractivity contribution in [1.29, 1.82) is 0 Å². The maximum absolute atomic E-state index is 13.2. The molecule has 0 aromatic heterocycles. The first-order valence-electron chi connectivity index (χ1n) is 9.10. The zero-order chi connectivity index (χ0) is 21.6. The maximum atomic E-state index is 13.2. The number of sulfonamides is 1. The second-order valence-corrected chi connectivity index (χ2v) is 9.18. The predicted molar refractivity (Wildman–Crippen MR) is 122 cm³/mol. The average Bonchev–Trinajstić information content (AvgIpc) is 2.77. The van der Waals surface area contributed by atoms with Crippen LogP contribution in [0.15, 0.2) is 99.4 Å². The van der Waals surface area contributed by atoms with Gasteiger partial charge in [0.1, 0.15) is 6.54 Å². The quantitative estimate of drug-likeness (QED) is 0.402. The van der Waals surface area contributed by atoms with Crippen LogP contribution < -0.4 is 9.73 Å². The fourth-order valence-electron chi connectivity index (χ4n) is 2.70. The number of para-hydroxylation sites is 1. The number of carbonyl (C=O) groups excluding carboxylic acids is 1. The molecule has 0 saturated carbocycles. The molecule has 1 N–H and O–H groups in total. The Hall–Kier alpha value is -2.97. The topological polar surface area (TPSA) is 78.8 Å². The molecule has 0 fully saturated rings. The molecule has 0 radical (unpaired) electrons. The highest BCUT2D eigenvalue weighted by Gasteiger charge is 2.26. The van der Waals surface area contributed by atoms with Crippen LogP contribution in [-0.2, 0) is 14.8 Å². The molecule has 30 heavy (non-hydrogen) atoms. The number of rotatable bonds is 7. The summed E-state index contributed by atoms with van der Waals surface area (Å²) in [5, 5.41) is 4.11. The van der Waals surface area contributed by atoms with E-state index in [1.165, 1.54) is 12.1 Å². The van der Waals surface area contributed by atoms with Gasteiger partial charge in [0.2, 0.25) is 0 Å². The molecule has 3 aromatic carbocycles. The van der Waals surface area contributed by atoms with Crippen molar-refractivity contribution < 1.29 is 13.2 Å². The lowest BCUT2D eigenvalue weighted by Gasteiger charge is -2.23. The van der Waals surface area contributed by atoms with Gasteiger partial charge in [-0.2, -0.15) is 5.10 Å². The van der Waals surface area contributed by atoms with Crippen LogP contribution in [-0.4, -0.2) is 26.6 Å². The molecule has 0 aliphatic rings. The molecule has 8 heteroatoms. The lowest BCUT2D eigenvalue weighted by atomic mass is 10.1. The number of amides is 1. The standard InChI is InChI=1S/C22H20BrN3O3S/c1-17(18-12-14-19(23)15-13-18)24-25-22(27)16-26(20-8-4-2-5-9-20)30(28,29)21-10-6-3-7-11-21/h2-15H,16H2,1H3,(H,25,27)/b24-17-. The number of hydrazone groups is 1. The smallest absolute Gasteiger partial charge is 0.264 e. The van der Waals surface area contributed by atoms with E-state index in [1.54, 1.807) is 55.5 Å². The SMILES string of the molecule is C/C(=N/NC(=O)CN(c1ccccc1)S(=O)(=O)c1ccccc1)c1ccc(Br)cc1. The van der Waals surface area contributed by atoms with Crippen LogP contribution in [0.25, 0.3) is 0 Å². The lowest BCUT2D eigenvalue weighted by Crippen LogP contribution is -2.39. The first kappa shape index (κ1) is 21.7. The highest BCUT2D eigenvalue weighted by atomic mass is 79.9. The fraction of sp³-hybridized carbons (Fsp3) is 0.0909. The second kappa shape index (κ2) is 9.69. The zero-order valence-electron chi connectivity index (χ0n) is 16.2. The molecule has 0 aliphatic heterocycles. The first-order chi connectivity index (χ1) is 14.4. The van der Waals surface area contributed by atoms with Gasteiger partial charge in [0.05, 0.1) is 16.3 Å². The van der Waals surface area contributed by atoms with Gasteiger partial charge in [-0.05, 0) is 48.9 Å². The van der Waals surface area contributed by atoms with Gasteiger partial charge in [0.25, 0.3) is 15.9 Å². The van der Waals surface area contributed by atoms with E-state index in [2.05, 4.69) is 26.5 Å². The third-order valence-corrected chi connectivity index (χ3v) is 6.59. The van der Waals surface area contributed by atoms with Crippen molar-refractivity contribution >= 4 is 43.3 Å². The minimum Gasteiger partial charge on any atom is -0.271 e. The molecule has 0 aliphatic carbocycles. The van der Waals surface area contributed by atoms with E-state index in [9.17, 15) is 13.2 Å². The Balaban J connectivity index is 1.82. The summed E-state index contributed by atoms with van der Waals surface area (Å²) >= 11 is 3.37. The van der Waals surface area contributed by atoms with Gasteiger partial charge in [0, 0.05) is 4.47 Å². The Kier molecular flexibility index (Phi) is 7.02. The minimum atomic E-state index is -3.93. The summed E-state index contributed by atoms with van der Waals surface area (Å²) in [5.41, 5.74) is 4.29. The number of carbonyl (C=O) groups is 1. The summed E-state index contributed by atoms with van der Waals surface area (Å²) in [6.45, 7) is 1.36. The second-order valence-electron chi connectivity index (χ2n) is 6.40. The van der Waals surface area contributed by atoms with Crippen LogP contribution in [0, 0.1) is 0 Å². The molecule has 0 atom stereocenters. The van der Waals surface area contributed by atoms with Crippen LogP contribution in [0.4, 0.5) is 5.69 Å². The van der Waals surface area contributed by atoms with Crippen molar-refractivity contribution in [1.82, 2.24) is 5.43 Å². The lowest BCUT2D eigenvalue weighted by molar-refractivity contribution is -0.119. The Morgan fingerprint density at radius 2 is 1.50 bits per heavy atom. The summed E-state index contributed by atoms with van der Waals surface area (Å²) < 4.78 is 28.3. The molecule has 0 saturated heterocycles. The molecule has 0 spiro atoms. The van der Waals surface area contributed by atoms with Gasteiger partial charge >= 0.3 is 0 Å². The highest BCUT2D eigenvalue weighted by Crippen LogP contribution is 2.23. The van der Waals surface area contributed by atoms with Crippen molar-refractivity contribution in [3.63, 3.8) is 0 Å². The number of benzene rings is 3. The van der Waals surface area contributed by atoms with Crippen LogP contribution in [0.3, 0.4) is 0 Å². The summed E-state index contributed by atoms with van der Waals surface area (Å²) in [7, 11) is -3.93. The van der Waals surface area contributed by atoms with Crippen molar-refractivity contribution in [2.75, 3.05) is 10.8 Å². The van der Waals surface area contributed by atoms with E-state index in [-0.39, 0.29) is 4.90 Å². The maximum Gasteiger partial charge on any atom is 0.264 e. The number of hydrogen-bond acceptors (Lipinski definition) is 4. The molecule has 6 nitrogen and oxygen atoms in total. The van der Waals surface area contributed by atoms with E-state index in [4.69, 9.17) is 0 Å². The summed E-state index contributed by atoms with van der Waals surface area (Å²) in [6, 6.07) is 24.0. The van der Waals surface area contributed by atoms with Gasteiger partial charge in [-0.1, -0.05) is 64.5 Å². The molecule has 0 heterocycles. The van der Waals surface area contributed by atoms with E-state index in [1.807, 2.05) is 24.3 Å². The Labute approximate surface area is 184 Å². The third kappa shape index (κ3) is 5.34. The van der Waals surface area contributed by atoms with Gasteiger partial charge in [-0.25, -0.2) is 13.8 Å². The van der Waals surface area contributed by atoms with Crippen molar-refractivity contribution in [2.45, 2.75) is 11.8 Å². The number of anilines is 1. The largest absolute Gasteiger partial charge is 0.271 e. The molecule has 0 unspecified atom stereocenters. The van der Waals surface area contributed by atoms with Gasteiger partial charge < -0.3 is 0 Å². The van der Waals surface area contributed by atoms with E-state index in [0.717, 1.165) is 14.3 Å². The van der Waals surface area contributed by atoms with Crippen LogP contribution in [0.2, 0.25) is 0 Å². The van der Waals surface area contributed by atoms with Gasteiger partial charge in [0.15, 0.2) is 0 Å². The number of nitrogens with one attached hydrogen (secondary N) is 1. The molecule has 154 valence electrons. The van der Waals surface area contributed by atoms with Crippen molar-refractivity contribution in [2.24, 2.45) is 5.10 Å². The Morgan fingerprint density at radius 1 is 0.933 bits per heavy atom. The van der Waals surface area contributed by atoms with E-state index < -0.39 is 22.5 Å².